The van der Waals surface area contributed by atoms with Crippen molar-refractivity contribution in [2.24, 2.45) is 0 Å². The van der Waals surface area contributed by atoms with Crippen LogP contribution in [0, 0.1) is 0 Å². The Morgan fingerprint density at radius 2 is 0.488 bits per heavy atom. The van der Waals surface area contributed by atoms with Gasteiger partial charge in [0.2, 0.25) is 0 Å². The molecule has 3 nitrogen and oxygen atoms in total. The van der Waals surface area contributed by atoms with Gasteiger partial charge in [-0.3, -0.25) is 0 Å². The number of unbranched alkanes of at least 4 members (excludes halogenated alkanes) is 28. The van der Waals surface area contributed by atoms with Gasteiger partial charge in [-0.2, -0.15) is 4.48 Å². The molecule has 0 saturated heterocycles. The highest BCUT2D eigenvalue weighted by atomic mass is 16.2. The van der Waals surface area contributed by atoms with Gasteiger partial charge in [0.15, 0.2) is 0 Å². The number of carbonyl (C=O) groups is 2. The van der Waals surface area contributed by atoms with Crippen LogP contribution in [0.15, 0.2) is 0 Å². The number of hydrogen-bond donors (Lipinski definition) is 0. The largest absolute Gasteiger partial charge is 0.321 e. The van der Waals surface area contributed by atoms with Crippen molar-refractivity contribution in [3.63, 3.8) is 0 Å². The van der Waals surface area contributed by atoms with E-state index in [1.54, 1.807) is 0 Å². The molecule has 43 heavy (non-hydrogen) atoms. The molecule has 2 amide bonds. The summed E-state index contributed by atoms with van der Waals surface area (Å²) in [4.78, 5) is 26.4. The van der Waals surface area contributed by atoms with Crippen molar-refractivity contribution in [3.05, 3.63) is 0 Å². The highest BCUT2D eigenvalue weighted by Crippen LogP contribution is 2.20. The quantitative estimate of drug-likeness (QED) is 0.0539. The molecule has 0 heterocycles. The smallest absolute Gasteiger partial charge is 0.230 e. The molecule has 0 aliphatic rings. The van der Waals surface area contributed by atoms with Gasteiger partial charge < -0.3 is 0 Å². The Morgan fingerprint density at radius 3 is 0.674 bits per heavy atom. The summed E-state index contributed by atoms with van der Waals surface area (Å²) in [5, 5.41) is 0. The molecule has 0 aromatic rings. The van der Waals surface area contributed by atoms with Crippen LogP contribution in [-0.4, -0.2) is 29.4 Å². The van der Waals surface area contributed by atoms with Crippen LogP contribution < -0.4 is 0 Å². The van der Waals surface area contributed by atoms with Gasteiger partial charge in [-0.05, 0) is 26.7 Å². The van der Waals surface area contributed by atoms with Gasteiger partial charge in [0, 0.05) is 0 Å². The van der Waals surface area contributed by atoms with Crippen molar-refractivity contribution >= 4 is 11.8 Å². The zero-order valence-electron chi connectivity index (χ0n) is 30.3. The molecular weight excluding hydrogens is 526 g/mol. The van der Waals surface area contributed by atoms with E-state index in [1.807, 2.05) is 13.8 Å². The summed E-state index contributed by atoms with van der Waals surface area (Å²) in [5.74, 6) is 0.344. The molecule has 0 fully saturated rings. The minimum atomic E-state index is 0.0806. The summed E-state index contributed by atoms with van der Waals surface area (Å²) in [6, 6.07) is 0. The number of quaternary nitrogens is 1. The minimum Gasteiger partial charge on any atom is -0.230 e. The SMILES string of the molecule is CCCCCCCCCCCCCCCCCC(=O)[N+](CC)(CC)C(=O)CCCCCCCCCCCCCCCCC. The average Bonchev–Trinajstić information content (AvgIpc) is 3.01. The average molecular weight is 607 g/mol. The first kappa shape index (κ1) is 42.3. The van der Waals surface area contributed by atoms with Gasteiger partial charge in [-0.1, -0.05) is 194 Å². The van der Waals surface area contributed by atoms with E-state index in [4.69, 9.17) is 0 Å². The molecule has 0 atom stereocenters. The van der Waals surface area contributed by atoms with Gasteiger partial charge in [0.25, 0.3) is 0 Å². The standard InChI is InChI=1S/C40H80NO2/c1-5-9-11-13-15-17-19-21-23-25-27-29-31-33-35-37-39(42)41(7-3,8-4)40(43)38-36-34-32-30-28-26-24-22-20-18-16-14-12-10-6-2/h5-38H2,1-4H3/q+1. The minimum absolute atomic E-state index is 0.0806. The van der Waals surface area contributed by atoms with Crippen LogP contribution in [0.2, 0.25) is 0 Å². The first-order valence-corrected chi connectivity index (χ1v) is 20.0. The van der Waals surface area contributed by atoms with E-state index >= 15 is 0 Å². The van der Waals surface area contributed by atoms with E-state index < -0.39 is 0 Å². The second kappa shape index (κ2) is 32.7. The molecule has 0 aromatic carbocycles. The summed E-state index contributed by atoms with van der Waals surface area (Å²) >= 11 is 0. The molecular formula is C40H80NO2+. The lowest BCUT2D eigenvalue weighted by Gasteiger charge is -2.31. The van der Waals surface area contributed by atoms with Crippen LogP contribution in [0.5, 0.6) is 0 Å². The molecule has 0 aliphatic heterocycles. The summed E-state index contributed by atoms with van der Waals surface area (Å²) in [7, 11) is 0. The molecule has 0 unspecified atom stereocenters. The van der Waals surface area contributed by atoms with Crippen molar-refractivity contribution in [2.45, 2.75) is 233 Å². The Kier molecular flexibility index (Phi) is 32.2. The van der Waals surface area contributed by atoms with E-state index in [-0.39, 0.29) is 16.3 Å². The molecule has 0 radical (unpaired) electrons. The Labute approximate surface area is 271 Å². The first-order chi connectivity index (χ1) is 21.1. The van der Waals surface area contributed by atoms with Gasteiger partial charge in [-0.25, -0.2) is 9.59 Å². The van der Waals surface area contributed by atoms with Crippen molar-refractivity contribution in [1.29, 1.82) is 0 Å². The Morgan fingerprint density at radius 1 is 0.302 bits per heavy atom. The zero-order chi connectivity index (χ0) is 31.7. The Bertz CT molecular complexity index is 549. The number of hydrogen-bond acceptors (Lipinski definition) is 2. The molecule has 0 N–H and O–H groups in total. The Hall–Kier alpha value is -0.700. The van der Waals surface area contributed by atoms with E-state index in [0.29, 0.717) is 25.9 Å². The predicted molar refractivity (Wildman–Crippen MR) is 190 cm³/mol. The fraction of sp³-hybridized carbons (Fsp3) is 0.950. The van der Waals surface area contributed by atoms with Crippen LogP contribution in [0.25, 0.3) is 0 Å². The summed E-state index contributed by atoms with van der Waals surface area (Å²) < 4.78 is 0.0806. The lowest BCUT2D eigenvalue weighted by atomic mass is 10.0. The number of nitrogens with zero attached hydrogens (tertiary/aromatic N) is 1. The van der Waals surface area contributed by atoms with Gasteiger partial charge in [-0.15, -0.1) is 0 Å². The van der Waals surface area contributed by atoms with Crippen LogP contribution >= 0.6 is 0 Å². The molecule has 0 aliphatic carbocycles. The lowest BCUT2D eigenvalue weighted by molar-refractivity contribution is -0.776. The molecule has 0 spiro atoms. The van der Waals surface area contributed by atoms with Crippen molar-refractivity contribution in [3.8, 4) is 0 Å². The van der Waals surface area contributed by atoms with Crippen LogP contribution in [0.4, 0.5) is 0 Å². The first-order valence-electron chi connectivity index (χ1n) is 20.0. The number of amides is 2. The molecule has 3 heteroatoms. The number of rotatable bonds is 34. The highest BCUT2D eigenvalue weighted by Gasteiger charge is 2.39. The topological polar surface area (TPSA) is 34.1 Å². The van der Waals surface area contributed by atoms with Crippen LogP contribution in [0.1, 0.15) is 233 Å². The van der Waals surface area contributed by atoms with Crippen molar-refractivity contribution in [2.75, 3.05) is 13.1 Å². The normalized spacial score (nSPS) is 11.8. The van der Waals surface area contributed by atoms with Gasteiger partial charge >= 0.3 is 11.8 Å². The summed E-state index contributed by atoms with van der Waals surface area (Å²) in [5.41, 5.74) is 0. The van der Waals surface area contributed by atoms with Crippen molar-refractivity contribution in [1.82, 2.24) is 0 Å². The predicted octanol–water partition coefficient (Wildman–Crippen LogP) is 13.4. The zero-order valence-corrected chi connectivity index (χ0v) is 30.3. The second-order valence-electron chi connectivity index (χ2n) is 13.8. The molecule has 0 saturated carbocycles. The number of carbonyl (C=O) groups excluding carboxylic acids is 2. The van der Waals surface area contributed by atoms with E-state index in [1.165, 1.54) is 167 Å². The summed E-state index contributed by atoms with van der Waals surface area (Å²) in [6.07, 6.45) is 41.1. The lowest BCUT2D eigenvalue weighted by Crippen LogP contribution is -2.56. The number of imide groups is 1. The van der Waals surface area contributed by atoms with E-state index in [0.717, 1.165) is 25.7 Å². The molecule has 0 rings (SSSR count). The summed E-state index contributed by atoms with van der Waals surface area (Å²) in [6.45, 7) is 9.86. The second-order valence-corrected chi connectivity index (χ2v) is 13.8. The third-order valence-electron chi connectivity index (χ3n) is 10.0. The highest BCUT2D eigenvalue weighted by molar-refractivity contribution is 5.84. The van der Waals surface area contributed by atoms with Gasteiger partial charge in [0.05, 0.1) is 25.9 Å². The fourth-order valence-corrected chi connectivity index (χ4v) is 6.79. The third kappa shape index (κ3) is 24.2. The van der Waals surface area contributed by atoms with Crippen LogP contribution in [-0.2, 0) is 9.59 Å². The molecule has 0 bridgehead atoms. The fourth-order valence-electron chi connectivity index (χ4n) is 6.79. The maximum atomic E-state index is 13.2. The van der Waals surface area contributed by atoms with Gasteiger partial charge in [0.1, 0.15) is 0 Å². The maximum absolute atomic E-state index is 13.2. The molecule has 0 aromatic heterocycles. The van der Waals surface area contributed by atoms with E-state index in [9.17, 15) is 9.59 Å². The van der Waals surface area contributed by atoms with Crippen molar-refractivity contribution < 1.29 is 14.1 Å². The molecule has 256 valence electrons. The monoisotopic (exact) mass is 607 g/mol. The van der Waals surface area contributed by atoms with Crippen LogP contribution in [0.3, 0.4) is 0 Å². The third-order valence-corrected chi connectivity index (χ3v) is 10.0. The Balaban J connectivity index is 3.80. The van der Waals surface area contributed by atoms with E-state index in [2.05, 4.69) is 13.8 Å². The maximum Gasteiger partial charge on any atom is 0.321 e.